The second-order valence-corrected chi connectivity index (χ2v) is 8.03. The van der Waals surface area contributed by atoms with Crippen molar-refractivity contribution in [3.63, 3.8) is 0 Å². The number of esters is 1. The van der Waals surface area contributed by atoms with E-state index in [-0.39, 0.29) is 17.8 Å². The maximum absolute atomic E-state index is 12.5. The van der Waals surface area contributed by atoms with E-state index in [0.717, 1.165) is 25.1 Å². The lowest BCUT2D eigenvalue weighted by Gasteiger charge is -2.31. The second kappa shape index (κ2) is 9.36. The molecule has 1 aromatic carbocycles. The second-order valence-electron chi connectivity index (χ2n) is 8.03. The van der Waals surface area contributed by atoms with E-state index >= 15 is 0 Å². The average Bonchev–Trinajstić information content (AvgIpc) is 3.19. The third-order valence-corrected chi connectivity index (χ3v) is 5.92. The topological polar surface area (TPSA) is 49.9 Å². The molecule has 5 nitrogen and oxygen atoms in total. The number of ether oxygens (including phenoxy) is 1. The summed E-state index contributed by atoms with van der Waals surface area (Å²) in [7, 11) is 1.75. The molecule has 1 heterocycles. The van der Waals surface area contributed by atoms with Gasteiger partial charge in [-0.3, -0.25) is 14.5 Å². The van der Waals surface area contributed by atoms with Gasteiger partial charge in [-0.15, -0.1) is 0 Å². The van der Waals surface area contributed by atoms with E-state index in [0.29, 0.717) is 12.6 Å². The van der Waals surface area contributed by atoms with Gasteiger partial charge in [-0.2, -0.15) is 0 Å². The van der Waals surface area contributed by atoms with E-state index in [4.69, 9.17) is 4.74 Å². The minimum absolute atomic E-state index is 0.0957. The third kappa shape index (κ3) is 5.32. The molecule has 1 aromatic rings. The molecule has 148 valence electrons. The molecule has 0 aromatic heterocycles. The standard InChI is InChI=1S/C22H32N2O3/c1-17(21(25)23(2)15-18-9-5-3-6-10-18)27-22(26)19-13-14-24(16-19)20-11-7-4-8-12-20/h3,5-6,9-10,17,19-20H,4,7-8,11-16H2,1-2H3/t17-,19+/m1/s1. The zero-order valence-corrected chi connectivity index (χ0v) is 16.6. The molecule has 0 N–H and O–H groups in total. The number of carbonyl (C=O) groups is 2. The van der Waals surface area contributed by atoms with Gasteiger partial charge in [0.25, 0.3) is 5.91 Å². The molecule has 0 spiro atoms. The van der Waals surface area contributed by atoms with Crippen molar-refractivity contribution in [3.8, 4) is 0 Å². The summed E-state index contributed by atoms with van der Waals surface area (Å²) in [5.74, 6) is -0.474. The monoisotopic (exact) mass is 372 g/mol. The van der Waals surface area contributed by atoms with Crippen LogP contribution in [0.1, 0.15) is 51.0 Å². The summed E-state index contributed by atoms with van der Waals surface area (Å²) in [6.07, 6.45) is 6.55. The van der Waals surface area contributed by atoms with Crippen LogP contribution in [0.3, 0.4) is 0 Å². The van der Waals surface area contributed by atoms with Gasteiger partial charge in [-0.1, -0.05) is 49.6 Å². The van der Waals surface area contributed by atoms with Crippen molar-refractivity contribution in [1.82, 2.24) is 9.80 Å². The van der Waals surface area contributed by atoms with Crippen LogP contribution in [0, 0.1) is 5.92 Å². The first-order chi connectivity index (χ1) is 13.0. The number of rotatable bonds is 6. The predicted octanol–water partition coefficient (Wildman–Crippen LogP) is 3.23. The maximum atomic E-state index is 12.5. The number of likely N-dealkylation sites (tertiary alicyclic amines) is 1. The molecule has 0 unspecified atom stereocenters. The Balaban J connectivity index is 1.46. The average molecular weight is 373 g/mol. The van der Waals surface area contributed by atoms with Crippen LogP contribution >= 0.6 is 0 Å². The van der Waals surface area contributed by atoms with Crippen LogP contribution in [0.2, 0.25) is 0 Å². The van der Waals surface area contributed by atoms with E-state index in [1.54, 1.807) is 18.9 Å². The summed E-state index contributed by atoms with van der Waals surface area (Å²) in [6, 6.07) is 10.5. The number of nitrogens with zero attached hydrogens (tertiary/aromatic N) is 2. The van der Waals surface area contributed by atoms with Gasteiger partial charge in [0.15, 0.2) is 6.10 Å². The smallest absolute Gasteiger partial charge is 0.311 e. The molecule has 0 radical (unpaired) electrons. The highest BCUT2D eigenvalue weighted by atomic mass is 16.5. The fraction of sp³-hybridized carbons (Fsp3) is 0.636. The van der Waals surface area contributed by atoms with Gasteiger partial charge < -0.3 is 9.64 Å². The van der Waals surface area contributed by atoms with E-state index in [2.05, 4.69) is 4.90 Å². The lowest BCUT2D eigenvalue weighted by Crippen LogP contribution is -2.39. The predicted molar refractivity (Wildman–Crippen MR) is 105 cm³/mol. The first-order valence-electron chi connectivity index (χ1n) is 10.3. The van der Waals surface area contributed by atoms with E-state index in [1.807, 2.05) is 30.3 Å². The molecule has 1 saturated carbocycles. The molecule has 1 aliphatic heterocycles. The van der Waals surface area contributed by atoms with Crippen molar-refractivity contribution in [3.05, 3.63) is 35.9 Å². The van der Waals surface area contributed by atoms with Crippen molar-refractivity contribution >= 4 is 11.9 Å². The summed E-state index contributed by atoms with van der Waals surface area (Å²) in [5, 5.41) is 0. The van der Waals surface area contributed by atoms with Crippen LogP contribution in [-0.4, -0.2) is 54.0 Å². The Morgan fingerprint density at radius 3 is 2.56 bits per heavy atom. The van der Waals surface area contributed by atoms with Crippen LogP contribution in [0.25, 0.3) is 0 Å². The molecule has 1 saturated heterocycles. The van der Waals surface area contributed by atoms with Crippen LogP contribution in [-0.2, 0) is 20.9 Å². The van der Waals surface area contributed by atoms with Gasteiger partial charge in [-0.25, -0.2) is 0 Å². The van der Waals surface area contributed by atoms with Crippen molar-refractivity contribution in [2.45, 2.75) is 64.1 Å². The van der Waals surface area contributed by atoms with Crippen LogP contribution < -0.4 is 0 Å². The first-order valence-corrected chi connectivity index (χ1v) is 10.3. The number of amides is 1. The largest absolute Gasteiger partial charge is 0.452 e. The summed E-state index contributed by atoms with van der Waals surface area (Å²) >= 11 is 0. The molecule has 0 bridgehead atoms. The van der Waals surface area contributed by atoms with Gasteiger partial charge in [-0.05, 0) is 38.3 Å². The Kier molecular flexibility index (Phi) is 6.89. The molecule has 5 heteroatoms. The van der Waals surface area contributed by atoms with Crippen molar-refractivity contribution in [1.29, 1.82) is 0 Å². The van der Waals surface area contributed by atoms with Gasteiger partial charge >= 0.3 is 5.97 Å². The molecule has 3 rings (SSSR count). The third-order valence-electron chi connectivity index (χ3n) is 5.92. The minimum Gasteiger partial charge on any atom is -0.452 e. The van der Waals surface area contributed by atoms with Crippen LogP contribution in [0.5, 0.6) is 0 Å². The highest BCUT2D eigenvalue weighted by Gasteiger charge is 2.35. The van der Waals surface area contributed by atoms with Gasteiger partial charge in [0.05, 0.1) is 5.92 Å². The lowest BCUT2D eigenvalue weighted by atomic mass is 9.94. The first kappa shape index (κ1) is 19.9. The summed E-state index contributed by atoms with van der Waals surface area (Å²) in [5.41, 5.74) is 1.06. The molecule has 2 aliphatic rings. The van der Waals surface area contributed by atoms with E-state index < -0.39 is 6.10 Å². The summed E-state index contributed by atoms with van der Waals surface area (Å²) in [6.45, 7) is 3.95. The zero-order chi connectivity index (χ0) is 19.2. The Morgan fingerprint density at radius 2 is 1.85 bits per heavy atom. The Hall–Kier alpha value is -1.88. The van der Waals surface area contributed by atoms with Gasteiger partial charge in [0.2, 0.25) is 0 Å². The van der Waals surface area contributed by atoms with Gasteiger partial charge in [0.1, 0.15) is 0 Å². The lowest BCUT2D eigenvalue weighted by molar-refractivity contribution is -0.161. The van der Waals surface area contributed by atoms with Crippen molar-refractivity contribution in [2.24, 2.45) is 5.92 Å². The molecule has 27 heavy (non-hydrogen) atoms. The fourth-order valence-electron chi connectivity index (χ4n) is 4.32. The molecule has 1 amide bonds. The Bertz CT molecular complexity index is 628. The number of hydrogen-bond acceptors (Lipinski definition) is 4. The number of hydrogen-bond donors (Lipinski definition) is 0. The Morgan fingerprint density at radius 1 is 1.15 bits per heavy atom. The summed E-state index contributed by atoms with van der Waals surface area (Å²) < 4.78 is 5.53. The molecule has 2 atom stereocenters. The van der Waals surface area contributed by atoms with Crippen LogP contribution in [0.15, 0.2) is 30.3 Å². The minimum atomic E-state index is -0.741. The van der Waals surface area contributed by atoms with Crippen molar-refractivity contribution < 1.29 is 14.3 Å². The fourth-order valence-corrected chi connectivity index (χ4v) is 4.32. The molecular weight excluding hydrogens is 340 g/mol. The highest BCUT2D eigenvalue weighted by Crippen LogP contribution is 2.28. The molecule has 1 aliphatic carbocycles. The van der Waals surface area contributed by atoms with Crippen LogP contribution in [0.4, 0.5) is 0 Å². The zero-order valence-electron chi connectivity index (χ0n) is 16.6. The van der Waals surface area contributed by atoms with Crippen molar-refractivity contribution in [2.75, 3.05) is 20.1 Å². The molecule has 2 fully saturated rings. The maximum Gasteiger partial charge on any atom is 0.311 e. The van der Waals surface area contributed by atoms with E-state index in [9.17, 15) is 9.59 Å². The normalized spacial score (nSPS) is 22.4. The Labute approximate surface area is 162 Å². The number of benzene rings is 1. The highest BCUT2D eigenvalue weighted by molar-refractivity contribution is 5.84. The SMILES string of the molecule is C[C@@H](OC(=O)[C@H]1CCN(C2CCCCC2)C1)C(=O)N(C)Cc1ccccc1. The van der Waals surface area contributed by atoms with Gasteiger partial charge in [0, 0.05) is 26.2 Å². The summed E-state index contributed by atoms with van der Waals surface area (Å²) in [4.78, 5) is 29.2. The number of carbonyl (C=O) groups excluding carboxylic acids is 2. The number of likely N-dealkylation sites (N-methyl/N-ethyl adjacent to an activating group) is 1. The quantitative estimate of drug-likeness (QED) is 0.720. The van der Waals surface area contributed by atoms with E-state index in [1.165, 1.54) is 32.1 Å². The molecular formula is C22H32N2O3.